The lowest BCUT2D eigenvalue weighted by Gasteiger charge is -2.30. The molecule has 1 aliphatic heterocycles. The molecule has 0 amide bonds. The molecule has 1 saturated heterocycles. The Morgan fingerprint density at radius 1 is 1.35 bits per heavy atom. The first kappa shape index (κ1) is 15.8. The summed E-state index contributed by atoms with van der Waals surface area (Å²) in [6.45, 7) is 7.96. The summed E-state index contributed by atoms with van der Waals surface area (Å²) >= 11 is 3.73. The molecule has 1 heterocycles. The Morgan fingerprint density at radius 2 is 2.10 bits per heavy atom. The summed E-state index contributed by atoms with van der Waals surface area (Å²) in [7, 11) is 4.21. The summed E-state index contributed by atoms with van der Waals surface area (Å²) in [5, 5.41) is 3.30. The third-order valence-electron chi connectivity index (χ3n) is 4.26. The van der Waals surface area contributed by atoms with Gasteiger partial charge >= 0.3 is 0 Å². The van der Waals surface area contributed by atoms with Crippen LogP contribution in [0.3, 0.4) is 0 Å². The van der Waals surface area contributed by atoms with Gasteiger partial charge in [0.1, 0.15) is 0 Å². The molecule has 20 heavy (non-hydrogen) atoms. The van der Waals surface area contributed by atoms with Crippen molar-refractivity contribution in [3.05, 3.63) is 28.2 Å². The molecule has 2 atom stereocenters. The fourth-order valence-corrected chi connectivity index (χ4v) is 3.67. The molecule has 0 spiro atoms. The monoisotopic (exact) mass is 339 g/mol. The van der Waals surface area contributed by atoms with E-state index >= 15 is 0 Å². The van der Waals surface area contributed by atoms with Gasteiger partial charge in [-0.25, -0.2) is 0 Å². The molecule has 0 bridgehead atoms. The van der Waals surface area contributed by atoms with Crippen LogP contribution in [0.2, 0.25) is 0 Å². The van der Waals surface area contributed by atoms with Crippen LogP contribution < -0.4 is 10.2 Å². The minimum atomic E-state index is 0.367. The number of nitrogens with zero attached hydrogens (tertiary/aromatic N) is 2. The predicted molar refractivity (Wildman–Crippen MR) is 90.5 cm³/mol. The zero-order valence-corrected chi connectivity index (χ0v) is 14.6. The molecule has 2 unspecified atom stereocenters. The summed E-state index contributed by atoms with van der Waals surface area (Å²) in [4.78, 5) is 4.96. The highest BCUT2D eigenvalue weighted by Crippen LogP contribution is 2.29. The van der Waals surface area contributed by atoms with Gasteiger partial charge in [-0.2, -0.15) is 0 Å². The molecule has 4 heteroatoms. The van der Waals surface area contributed by atoms with E-state index in [1.165, 1.54) is 28.7 Å². The Morgan fingerprint density at radius 3 is 2.75 bits per heavy atom. The Balaban J connectivity index is 2.22. The van der Waals surface area contributed by atoms with E-state index < -0.39 is 0 Å². The van der Waals surface area contributed by atoms with Gasteiger partial charge < -0.3 is 15.1 Å². The van der Waals surface area contributed by atoms with Crippen LogP contribution in [0.15, 0.2) is 22.7 Å². The van der Waals surface area contributed by atoms with Crippen LogP contribution in [0.4, 0.5) is 5.69 Å². The Hall–Kier alpha value is -0.580. The van der Waals surface area contributed by atoms with E-state index in [0.717, 1.165) is 13.1 Å². The number of anilines is 1. The predicted octanol–water partition coefficient (Wildman–Crippen LogP) is 3.26. The maximum absolute atomic E-state index is 3.73. The summed E-state index contributed by atoms with van der Waals surface area (Å²) in [5.41, 5.74) is 2.64. The molecule has 1 aromatic rings. The Kier molecular flexibility index (Phi) is 5.47. The SMILES string of the molecule is CNC(C)c1ccc(N2CCCN(C)CC2C)cc1Br. The fraction of sp³-hybridized carbons (Fsp3) is 0.625. The van der Waals surface area contributed by atoms with Crippen LogP contribution in [-0.2, 0) is 0 Å². The second-order valence-electron chi connectivity index (χ2n) is 5.87. The molecular formula is C16H26BrN3. The highest BCUT2D eigenvalue weighted by molar-refractivity contribution is 9.10. The van der Waals surface area contributed by atoms with E-state index in [4.69, 9.17) is 0 Å². The Bertz CT molecular complexity index is 449. The molecule has 2 rings (SSSR count). The molecule has 0 radical (unpaired) electrons. The van der Waals surface area contributed by atoms with Gasteiger partial charge in [0.2, 0.25) is 0 Å². The molecule has 0 saturated carbocycles. The van der Waals surface area contributed by atoms with Crippen molar-refractivity contribution < 1.29 is 0 Å². The third kappa shape index (κ3) is 3.54. The lowest BCUT2D eigenvalue weighted by Crippen LogP contribution is -2.37. The molecule has 112 valence electrons. The van der Waals surface area contributed by atoms with Crippen LogP contribution in [-0.4, -0.2) is 44.7 Å². The average Bonchev–Trinajstić information content (AvgIpc) is 2.58. The summed E-state index contributed by atoms with van der Waals surface area (Å²) in [5.74, 6) is 0. The lowest BCUT2D eigenvalue weighted by molar-refractivity contribution is 0.337. The number of nitrogens with one attached hydrogen (secondary N) is 1. The molecule has 1 N–H and O–H groups in total. The zero-order valence-electron chi connectivity index (χ0n) is 13.0. The summed E-state index contributed by atoms with van der Waals surface area (Å²) in [6.07, 6.45) is 1.23. The number of hydrogen-bond acceptors (Lipinski definition) is 3. The van der Waals surface area contributed by atoms with Gasteiger partial charge in [0.05, 0.1) is 0 Å². The standard InChI is InChI=1S/C16H26BrN3/c1-12-11-19(4)8-5-9-20(12)14-6-7-15(13(2)18-3)16(17)10-14/h6-7,10,12-13,18H,5,8-9,11H2,1-4H3. The smallest absolute Gasteiger partial charge is 0.0388 e. The van der Waals surface area contributed by atoms with E-state index in [0.29, 0.717) is 12.1 Å². The molecule has 3 nitrogen and oxygen atoms in total. The topological polar surface area (TPSA) is 18.5 Å². The van der Waals surface area contributed by atoms with E-state index in [-0.39, 0.29) is 0 Å². The second-order valence-corrected chi connectivity index (χ2v) is 6.73. The number of rotatable bonds is 3. The highest BCUT2D eigenvalue weighted by atomic mass is 79.9. The van der Waals surface area contributed by atoms with Crippen LogP contribution >= 0.6 is 15.9 Å². The molecule has 0 aliphatic carbocycles. The van der Waals surface area contributed by atoms with Crippen molar-refractivity contribution in [1.29, 1.82) is 0 Å². The van der Waals surface area contributed by atoms with Gasteiger partial charge in [-0.15, -0.1) is 0 Å². The van der Waals surface area contributed by atoms with Gasteiger partial charge in [0, 0.05) is 35.3 Å². The number of halogens is 1. The summed E-state index contributed by atoms with van der Waals surface area (Å²) < 4.78 is 1.20. The quantitative estimate of drug-likeness (QED) is 0.911. The first-order valence-corrected chi connectivity index (χ1v) is 8.24. The maximum Gasteiger partial charge on any atom is 0.0388 e. The maximum atomic E-state index is 3.73. The second kappa shape index (κ2) is 6.92. The van der Waals surface area contributed by atoms with Crippen LogP contribution in [0, 0.1) is 0 Å². The number of likely N-dealkylation sites (N-methyl/N-ethyl adjacent to an activating group) is 1. The molecule has 1 fully saturated rings. The van der Waals surface area contributed by atoms with E-state index in [1.54, 1.807) is 0 Å². The molecular weight excluding hydrogens is 314 g/mol. The first-order valence-electron chi connectivity index (χ1n) is 7.45. The Labute approximate surface area is 131 Å². The first-order chi connectivity index (χ1) is 9.52. The average molecular weight is 340 g/mol. The van der Waals surface area contributed by atoms with Crippen LogP contribution in [0.25, 0.3) is 0 Å². The van der Waals surface area contributed by atoms with Crippen molar-refractivity contribution in [2.45, 2.75) is 32.4 Å². The van der Waals surface area contributed by atoms with Gasteiger partial charge in [0.15, 0.2) is 0 Å². The largest absolute Gasteiger partial charge is 0.367 e. The molecule has 1 aliphatic rings. The number of benzene rings is 1. The van der Waals surface area contributed by atoms with Crippen molar-refractivity contribution >= 4 is 21.6 Å². The lowest BCUT2D eigenvalue weighted by atomic mass is 10.1. The van der Waals surface area contributed by atoms with Crippen molar-refractivity contribution in [2.24, 2.45) is 0 Å². The van der Waals surface area contributed by atoms with Gasteiger partial charge in [-0.1, -0.05) is 22.0 Å². The molecule has 0 aromatic heterocycles. The van der Waals surface area contributed by atoms with Gasteiger partial charge in [-0.05, 0) is 58.6 Å². The summed E-state index contributed by atoms with van der Waals surface area (Å²) in [6, 6.07) is 7.69. The minimum Gasteiger partial charge on any atom is -0.367 e. The van der Waals surface area contributed by atoms with Gasteiger partial charge in [0.25, 0.3) is 0 Å². The van der Waals surface area contributed by atoms with E-state index in [1.807, 2.05) is 7.05 Å². The van der Waals surface area contributed by atoms with Crippen LogP contribution in [0.1, 0.15) is 31.9 Å². The fourth-order valence-electron chi connectivity index (χ4n) is 2.96. The third-order valence-corrected chi connectivity index (χ3v) is 4.95. The minimum absolute atomic E-state index is 0.367. The van der Waals surface area contributed by atoms with Gasteiger partial charge in [-0.3, -0.25) is 0 Å². The van der Waals surface area contributed by atoms with Crippen molar-refractivity contribution in [3.63, 3.8) is 0 Å². The van der Waals surface area contributed by atoms with Crippen LogP contribution in [0.5, 0.6) is 0 Å². The normalized spacial score (nSPS) is 22.6. The van der Waals surface area contributed by atoms with Crippen molar-refractivity contribution in [1.82, 2.24) is 10.2 Å². The highest BCUT2D eigenvalue weighted by Gasteiger charge is 2.20. The van der Waals surface area contributed by atoms with E-state index in [2.05, 4.69) is 70.1 Å². The van der Waals surface area contributed by atoms with Crippen molar-refractivity contribution in [2.75, 3.05) is 38.6 Å². The zero-order chi connectivity index (χ0) is 14.7. The van der Waals surface area contributed by atoms with Crippen molar-refractivity contribution in [3.8, 4) is 0 Å². The number of hydrogen-bond donors (Lipinski definition) is 1. The molecule has 1 aromatic carbocycles. The van der Waals surface area contributed by atoms with E-state index in [9.17, 15) is 0 Å².